The SMILES string of the molecule is Cc1ccccc1C=[NH+]N=C(N)N. The number of hydrogen-bond donors (Lipinski definition) is 3. The standard InChI is InChI=1S/C9H12N4/c1-7-4-2-3-5-8(7)6-12-13-9(10)11/h2-6H,1H3,(H4,10,11,13)/p+1. The Bertz CT molecular complexity index is 337. The predicted molar refractivity (Wildman–Crippen MR) is 53.1 cm³/mol. The topological polar surface area (TPSA) is 78.4 Å². The zero-order valence-electron chi connectivity index (χ0n) is 7.49. The van der Waals surface area contributed by atoms with Gasteiger partial charge in [-0.25, -0.2) is 0 Å². The van der Waals surface area contributed by atoms with Gasteiger partial charge in [0.2, 0.25) is 6.21 Å². The van der Waals surface area contributed by atoms with E-state index in [-0.39, 0.29) is 5.96 Å². The summed E-state index contributed by atoms with van der Waals surface area (Å²) < 4.78 is 0. The number of hydrogen-bond acceptors (Lipinski definition) is 1. The molecule has 1 aromatic rings. The lowest BCUT2D eigenvalue weighted by Gasteiger charge is -1.92. The molecule has 0 radical (unpaired) electrons. The van der Waals surface area contributed by atoms with Crippen molar-refractivity contribution in [2.24, 2.45) is 16.6 Å². The molecule has 13 heavy (non-hydrogen) atoms. The minimum Gasteiger partial charge on any atom is -0.365 e. The number of aryl methyl sites for hydroxylation is 1. The number of nitrogens with two attached hydrogens (primary N) is 2. The van der Waals surface area contributed by atoms with Gasteiger partial charge in [0, 0.05) is 10.7 Å². The van der Waals surface area contributed by atoms with Gasteiger partial charge in [0.15, 0.2) is 0 Å². The van der Waals surface area contributed by atoms with Crippen molar-refractivity contribution in [1.82, 2.24) is 0 Å². The summed E-state index contributed by atoms with van der Waals surface area (Å²) in [5, 5.41) is 6.28. The van der Waals surface area contributed by atoms with Crippen LogP contribution in [0.25, 0.3) is 0 Å². The van der Waals surface area contributed by atoms with Crippen LogP contribution in [0.4, 0.5) is 0 Å². The molecule has 0 fully saturated rings. The van der Waals surface area contributed by atoms with E-state index in [1.165, 1.54) is 5.56 Å². The number of benzene rings is 1. The van der Waals surface area contributed by atoms with Crippen LogP contribution in [-0.2, 0) is 0 Å². The van der Waals surface area contributed by atoms with E-state index in [4.69, 9.17) is 11.5 Å². The summed E-state index contributed by atoms with van der Waals surface area (Å²) in [6.07, 6.45) is 1.75. The van der Waals surface area contributed by atoms with Crippen molar-refractivity contribution in [2.75, 3.05) is 0 Å². The maximum atomic E-state index is 5.14. The van der Waals surface area contributed by atoms with Gasteiger partial charge in [-0.3, -0.25) is 0 Å². The number of nitrogens with one attached hydrogen (secondary N) is 1. The maximum absolute atomic E-state index is 5.14. The first-order valence-corrected chi connectivity index (χ1v) is 3.93. The lowest BCUT2D eigenvalue weighted by atomic mass is 10.1. The molecule has 1 aromatic carbocycles. The van der Waals surface area contributed by atoms with E-state index in [0.29, 0.717) is 0 Å². The van der Waals surface area contributed by atoms with Gasteiger partial charge in [-0.05, 0) is 18.6 Å². The van der Waals surface area contributed by atoms with Gasteiger partial charge in [0.25, 0.3) is 5.96 Å². The molecule has 0 unspecified atom stereocenters. The summed E-state index contributed by atoms with van der Waals surface area (Å²) in [7, 11) is 0. The second-order valence-corrected chi connectivity index (χ2v) is 2.67. The smallest absolute Gasteiger partial charge is 0.256 e. The van der Waals surface area contributed by atoms with Crippen LogP contribution >= 0.6 is 0 Å². The van der Waals surface area contributed by atoms with Crippen LogP contribution in [0.15, 0.2) is 29.4 Å². The molecular weight excluding hydrogens is 164 g/mol. The molecule has 4 nitrogen and oxygen atoms in total. The minimum atomic E-state index is 0.0184. The van der Waals surface area contributed by atoms with E-state index < -0.39 is 0 Å². The number of rotatable bonds is 2. The van der Waals surface area contributed by atoms with Gasteiger partial charge in [0.05, 0.1) is 0 Å². The highest BCUT2D eigenvalue weighted by Gasteiger charge is 1.94. The Kier molecular flexibility index (Phi) is 3.03. The van der Waals surface area contributed by atoms with Gasteiger partial charge in [-0.2, -0.15) is 0 Å². The molecule has 0 saturated carbocycles. The molecule has 0 aliphatic carbocycles. The summed E-state index contributed by atoms with van der Waals surface area (Å²) in [4.78, 5) is 0. The van der Waals surface area contributed by atoms with Crippen molar-refractivity contribution >= 4 is 12.2 Å². The van der Waals surface area contributed by atoms with Crippen molar-refractivity contribution in [3.05, 3.63) is 35.4 Å². The second-order valence-electron chi connectivity index (χ2n) is 2.67. The van der Waals surface area contributed by atoms with Crippen LogP contribution in [0.5, 0.6) is 0 Å². The summed E-state index contributed by atoms with van der Waals surface area (Å²) >= 11 is 0. The maximum Gasteiger partial charge on any atom is 0.256 e. The normalized spacial score (nSPS) is 10.2. The van der Waals surface area contributed by atoms with Crippen LogP contribution < -0.4 is 16.6 Å². The second kappa shape index (κ2) is 4.25. The Balaban J connectivity index is 2.80. The van der Waals surface area contributed by atoms with Crippen LogP contribution in [0.1, 0.15) is 11.1 Å². The molecular formula is C9H13N4+. The number of hydrazone groups is 1. The third-order valence-electron chi connectivity index (χ3n) is 1.60. The van der Waals surface area contributed by atoms with Crippen LogP contribution in [0.3, 0.4) is 0 Å². The highest BCUT2D eigenvalue weighted by Crippen LogP contribution is 2.01. The van der Waals surface area contributed by atoms with Crippen molar-refractivity contribution < 1.29 is 5.10 Å². The Morgan fingerprint density at radius 3 is 2.69 bits per heavy atom. The summed E-state index contributed by atoms with van der Waals surface area (Å²) in [5.74, 6) is 0.0184. The molecule has 0 aliphatic rings. The summed E-state index contributed by atoms with van der Waals surface area (Å²) in [6, 6.07) is 7.93. The molecule has 4 heteroatoms. The Hall–Kier alpha value is -1.84. The van der Waals surface area contributed by atoms with E-state index in [9.17, 15) is 0 Å². The van der Waals surface area contributed by atoms with E-state index in [2.05, 4.69) is 10.2 Å². The third-order valence-corrected chi connectivity index (χ3v) is 1.60. The molecule has 0 atom stereocenters. The third kappa shape index (κ3) is 2.94. The average molecular weight is 177 g/mol. The summed E-state index contributed by atoms with van der Waals surface area (Å²) in [6.45, 7) is 2.02. The minimum absolute atomic E-state index is 0.0184. The van der Waals surface area contributed by atoms with E-state index in [1.54, 1.807) is 6.21 Å². The molecule has 0 bridgehead atoms. The molecule has 5 N–H and O–H groups in total. The largest absolute Gasteiger partial charge is 0.365 e. The van der Waals surface area contributed by atoms with Gasteiger partial charge < -0.3 is 11.5 Å². The van der Waals surface area contributed by atoms with Crippen molar-refractivity contribution in [2.45, 2.75) is 6.92 Å². The molecule has 1 rings (SSSR count). The van der Waals surface area contributed by atoms with Crippen LogP contribution in [0.2, 0.25) is 0 Å². The van der Waals surface area contributed by atoms with Gasteiger partial charge in [0.1, 0.15) is 0 Å². The zero-order chi connectivity index (χ0) is 9.68. The highest BCUT2D eigenvalue weighted by molar-refractivity contribution is 5.78. The molecule has 0 spiro atoms. The predicted octanol–water partition coefficient (Wildman–Crippen LogP) is -1.32. The van der Waals surface area contributed by atoms with E-state index in [1.807, 2.05) is 31.2 Å². The Labute approximate surface area is 77.0 Å². The molecule has 0 heterocycles. The Morgan fingerprint density at radius 1 is 1.38 bits per heavy atom. The number of guanidine groups is 1. The Morgan fingerprint density at radius 2 is 2.08 bits per heavy atom. The van der Waals surface area contributed by atoms with Crippen molar-refractivity contribution in [3.8, 4) is 0 Å². The van der Waals surface area contributed by atoms with Crippen LogP contribution in [-0.4, -0.2) is 12.2 Å². The number of nitrogens with zero attached hydrogens (tertiary/aromatic N) is 1. The first-order valence-electron chi connectivity index (χ1n) is 3.93. The fourth-order valence-corrected chi connectivity index (χ4v) is 0.925. The lowest BCUT2D eigenvalue weighted by molar-refractivity contribution is -0.456. The first kappa shape index (κ1) is 9.25. The quantitative estimate of drug-likeness (QED) is 0.298. The van der Waals surface area contributed by atoms with Crippen molar-refractivity contribution in [3.63, 3.8) is 0 Å². The van der Waals surface area contributed by atoms with E-state index >= 15 is 0 Å². The van der Waals surface area contributed by atoms with Crippen molar-refractivity contribution in [1.29, 1.82) is 0 Å². The molecule has 0 saturated heterocycles. The molecule has 0 amide bonds. The zero-order valence-corrected chi connectivity index (χ0v) is 7.49. The van der Waals surface area contributed by atoms with Crippen LogP contribution in [0, 0.1) is 6.92 Å². The monoisotopic (exact) mass is 177 g/mol. The van der Waals surface area contributed by atoms with E-state index in [0.717, 1.165) is 5.56 Å². The van der Waals surface area contributed by atoms with Gasteiger partial charge in [-0.1, -0.05) is 18.2 Å². The molecule has 0 aliphatic heterocycles. The van der Waals surface area contributed by atoms with Gasteiger partial charge in [-0.15, -0.1) is 5.10 Å². The molecule has 68 valence electrons. The average Bonchev–Trinajstić information content (AvgIpc) is 2.08. The fraction of sp³-hybridized carbons (Fsp3) is 0.111. The highest BCUT2D eigenvalue weighted by atomic mass is 15.3. The fourth-order valence-electron chi connectivity index (χ4n) is 0.925. The first-order chi connectivity index (χ1) is 6.20. The summed E-state index contributed by atoms with van der Waals surface area (Å²) in [5.41, 5.74) is 12.5. The lowest BCUT2D eigenvalue weighted by Crippen LogP contribution is -2.63. The molecule has 0 aromatic heterocycles. The van der Waals surface area contributed by atoms with Gasteiger partial charge >= 0.3 is 0 Å².